The maximum Gasteiger partial charge on any atom is 0.220 e. The first-order valence-electron chi connectivity index (χ1n) is 30.1. The van der Waals surface area contributed by atoms with Crippen LogP contribution in [0.25, 0.3) is 0 Å². The molecule has 0 bridgehead atoms. The number of aliphatic hydroxyl groups excluding tert-OH is 8. The summed E-state index contributed by atoms with van der Waals surface area (Å²) in [5.41, 5.74) is 0. The zero-order chi connectivity index (χ0) is 56.7. The average Bonchev–Trinajstić information content (AvgIpc) is 3.48. The largest absolute Gasteiger partial charge is 0.394 e. The first-order chi connectivity index (χ1) is 38.1. The number of carbonyl (C=O) groups excluding carboxylic acids is 1. The highest BCUT2D eigenvalue weighted by Crippen LogP contribution is 2.30. The van der Waals surface area contributed by atoms with E-state index in [9.17, 15) is 45.6 Å². The quantitative estimate of drug-likeness (QED) is 0.0204. The van der Waals surface area contributed by atoms with Crippen LogP contribution in [0.1, 0.15) is 194 Å². The van der Waals surface area contributed by atoms with Gasteiger partial charge in [0.05, 0.1) is 32.0 Å². The summed E-state index contributed by atoms with van der Waals surface area (Å²) in [7, 11) is 0. The molecule has 12 unspecified atom stereocenters. The molecule has 0 aromatic carbocycles. The SMILES string of the molecule is CC/C=C\C/C=C\C/C=C\C/C=C\C/C=C\C/C=C\CCCCC(=O)NC(COC1OC(CO)C(OC2OC(CO)C(O)C(O)C2O)C(O)C1O)C(O)/C=C/CC/C=C/CC/C=C/CCCCCCCCCCCCCCC. The number of nitrogens with one attached hydrogen (secondary N) is 1. The Morgan fingerprint density at radius 2 is 0.897 bits per heavy atom. The highest BCUT2D eigenvalue weighted by Gasteiger charge is 2.51. The van der Waals surface area contributed by atoms with Gasteiger partial charge in [0.15, 0.2) is 12.6 Å². The molecule has 0 spiro atoms. The van der Waals surface area contributed by atoms with Crippen molar-refractivity contribution in [1.82, 2.24) is 5.32 Å². The zero-order valence-electron chi connectivity index (χ0n) is 47.9. The molecule has 0 aromatic heterocycles. The topological polar surface area (TPSA) is 228 Å². The van der Waals surface area contributed by atoms with Crippen molar-refractivity contribution in [3.05, 3.63) is 109 Å². The first-order valence-corrected chi connectivity index (χ1v) is 30.1. The standard InChI is InChI=1S/C64H107NO13/c1-3-5-7-9-11-13-15-17-19-21-23-25-26-28-29-31-33-35-37-39-41-43-45-47-53(68)52(51-75-63-61(74)59(72)62(55(50-67)77-63)78-64-60(73)58(71)57(70)54(49-66)76-64)65-56(69)48-46-44-42-40-38-36-34-32-30-27-24-22-20-18-16-14-12-10-8-6-4-2/h6,8,12,14,18,20,24,27,29,31-32,34,37-40,45,47,52-55,57-64,66-68,70-74H,3-5,7,9-11,13,15-17,19,21-23,25-26,28,30,33,35-36,41-44,46,48-51H2,1-2H3,(H,65,69)/b8-6-,14-12-,20-18-,27-24-,31-29+,34-32-,39-37+,40-38-,47-45+. The molecule has 1 amide bonds. The lowest BCUT2D eigenvalue weighted by Gasteiger charge is -2.46. The van der Waals surface area contributed by atoms with Crippen molar-refractivity contribution in [2.24, 2.45) is 0 Å². The molecule has 2 saturated heterocycles. The van der Waals surface area contributed by atoms with Gasteiger partial charge in [-0.2, -0.15) is 0 Å². The smallest absolute Gasteiger partial charge is 0.220 e. The molecule has 2 aliphatic heterocycles. The van der Waals surface area contributed by atoms with E-state index >= 15 is 0 Å². The lowest BCUT2D eigenvalue weighted by Crippen LogP contribution is -2.65. The van der Waals surface area contributed by atoms with Crippen molar-refractivity contribution < 1.29 is 64.6 Å². The Balaban J connectivity index is 1.82. The number of hydrogen-bond donors (Lipinski definition) is 9. The fraction of sp³-hybridized carbons (Fsp3) is 0.703. The highest BCUT2D eigenvalue weighted by atomic mass is 16.7. The Kier molecular flexibility index (Phi) is 43.9. The van der Waals surface area contributed by atoms with Crippen molar-refractivity contribution in [2.75, 3.05) is 19.8 Å². The van der Waals surface area contributed by atoms with Crippen molar-refractivity contribution in [2.45, 2.75) is 267 Å². The normalized spacial score (nSPS) is 25.4. The molecule has 0 radical (unpaired) electrons. The van der Waals surface area contributed by atoms with Crippen LogP contribution < -0.4 is 5.32 Å². The Morgan fingerprint density at radius 1 is 0.474 bits per heavy atom. The molecular weight excluding hydrogens is 991 g/mol. The van der Waals surface area contributed by atoms with Crippen LogP contribution in [0.5, 0.6) is 0 Å². The van der Waals surface area contributed by atoms with Gasteiger partial charge in [-0.3, -0.25) is 4.79 Å². The number of carbonyl (C=O) groups is 1. The number of allylic oxidation sites excluding steroid dienone is 17. The number of aliphatic hydroxyl groups is 8. The van der Waals surface area contributed by atoms with Gasteiger partial charge >= 0.3 is 0 Å². The van der Waals surface area contributed by atoms with Crippen molar-refractivity contribution >= 4 is 5.91 Å². The number of amides is 1. The van der Waals surface area contributed by atoms with Crippen molar-refractivity contribution in [3.8, 4) is 0 Å². The monoisotopic (exact) mass is 1100 g/mol. The lowest BCUT2D eigenvalue weighted by molar-refractivity contribution is -0.359. The Bertz CT molecular complexity index is 1720. The average molecular weight is 1100 g/mol. The van der Waals surface area contributed by atoms with E-state index in [4.69, 9.17) is 18.9 Å². The van der Waals surface area contributed by atoms with Gasteiger partial charge in [0.2, 0.25) is 5.91 Å². The Morgan fingerprint density at radius 3 is 1.41 bits per heavy atom. The van der Waals surface area contributed by atoms with Crippen LogP contribution in [0.2, 0.25) is 0 Å². The molecule has 0 aliphatic carbocycles. The molecule has 78 heavy (non-hydrogen) atoms. The van der Waals surface area contributed by atoms with E-state index in [-0.39, 0.29) is 18.9 Å². The second-order valence-corrected chi connectivity index (χ2v) is 20.7. The third-order valence-electron chi connectivity index (χ3n) is 13.9. The van der Waals surface area contributed by atoms with Gasteiger partial charge in [-0.25, -0.2) is 0 Å². The number of unbranched alkanes of at least 4 members (excludes halogenated alkanes) is 17. The summed E-state index contributed by atoms with van der Waals surface area (Å²) in [4.78, 5) is 13.2. The van der Waals surface area contributed by atoms with Crippen molar-refractivity contribution in [1.29, 1.82) is 0 Å². The molecular formula is C64H107NO13. The van der Waals surface area contributed by atoms with Gasteiger partial charge in [0, 0.05) is 6.42 Å². The van der Waals surface area contributed by atoms with E-state index < -0.39 is 86.8 Å². The molecule has 12 atom stereocenters. The summed E-state index contributed by atoms with van der Waals surface area (Å²) in [6, 6.07) is -0.970. The number of rotatable bonds is 46. The molecule has 14 heteroatoms. The van der Waals surface area contributed by atoms with Crippen molar-refractivity contribution in [3.63, 3.8) is 0 Å². The van der Waals surface area contributed by atoms with E-state index in [1.807, 2.05) is 6.08 Å². The van der Waals surface area contributed by atoms with Gasteiger partial charge in [-0.05, 0) is 96.3 Å². The minimum absolute atomic E-state index is 0.208. The highest BCUT2D eigenvalue weighted by molar-refractivity contribution is 5.76. The third kappa shape index (κ3) is 33.4. The maximum absolute atomic E-state index is 13.2. The Hall–Kier alpha value is -3.35. The predicted octanol–water partition coefficient (Wildman–Crippen LogP) is 10.4. The molecule has 446 valence electrons. The molecule has 0 aromatic rings. The van der Waals surface area contributed by atoms with Crippen LogP contribution in [0, 0.1) is 0 Å². The van der Waals surface area contributed by atoms with E-state index in [0.717, 1.165) is 77.0 Å². The van der Waals surface area contributed by atoms with Gasteiger partial charge < -0.3 is 65.1 Å². The van der Waals surface area contributed by atoms with Crippen LogP contribution >= 0.6 is 0 Å². The lowest BCUT2D eigenvalue weighted by atomic mass is 9.97. The minimum atomic E-state index is -1.80. The molecule has 0 saturated carbocycles. The molecule has 2 heterocycles. The molecule has 2 rings (SSSR count). The van der Waals surface area contributed by atoms with Crippen LogP contribution in [0.3, 0.4) is 0 Å². The molecule has 9 N–H and O–H groups in total. The van der Waals surface area contributed by atoms with Gasteiger partial charge in [-0.15, -0.1) is 0 Å². The van der Waals surface area contributed by atoms with E-state index in [2.05, 4.69) is 116 Å². The van der Waals surface area contributed by atoms with Crippen LogP contribution in [0.4, 0.5) is 0 Å². The maximum atomic E-state index is 13.2. The third-order valence-corrected chi connectivity index (χ3v) is 13.9. The summed E-state index contributed by atoms with van der Waals surface area (Å²) in [6.45, 7) is 2.62. The zero-order valence-corrected chi connectivity index (χ0v) is 47.9. The fourth-order valence-electron chi connectivity index (χ4n) is 9.09. The molecule has 14 nitrogen and oxygen atoms in total. The number of hydrogen-bond acceptors (Lipinski definition) is 13. The summed E-state index contributed by atoms with van der Waals surface area (Å²) in [5.74, 6) is -0.300. The second kappa shape index (κ2) is 48.4. The fourth-order valence-corrected chi connectivity index (χ4v) is 9.09. The molecule has 2 aliphatic rings. The summed E-state index contributed by atoms with van der Waals surface area (Å²) < 4.78 is 22.7. The van der Waals surface area contributed by atoms with Crippen LogP contribution in [0.15, 0.2) is 109 Å². The predicted molar refractivity (Wildman–Crippen MR) is 313 cm³/mol. The minimum Gasteiger partial charge on any atom is -0.394 e. The van der Waals surface area contributed by atoms with Crippen LogP contribution in [-0.2, 0) is 23.7 Å². The van der Waals surface area contributed by atoms with Gasteiger partial charge in [0.25, 0.3) is 0 Å². The van der Waals surface area contributed by atoms with E-state index in [1.54, 1.807) is 6.08 Å². The Labute approximate surface area is 470 Å². The van der Waals surface area contributed by atoms with E-state index in [0.29, 0.717) is 12.8 Å². The molecule has 2 fully saturated rings. The summed E-state index contributed by atoms with van der Waals surface area (Å²) >= 11 is 0. The summed E-state index contributed by atoms with van der Waals surface area (Å²) in [5, 5.41) is 87.1. The van der Waals surface area contributed by atoms with Gasteiger partial charge in [0.1, 0.15) is 48.8 Å². The van der Waals surface area contributed by atoms with E-state index in [1.165, 1.54) is 83.5 Å². The van der Waals surface area contributed by atoms with Crippen LogP contribution in [-0.4, -0.2) is 140 Å². The first kappa shape index (κ1) is 70.8. The number of ether oxygens (including phenoxy) is 4. The van der Waals surface area contributed by atoms with Gasteiger partial charge in [-0.1, -0.05) is 200 Å². The second-order valence-electron chi connectivity index (χ2n) is 20.7. The summed E-state index contributed by atoms with van der Waals surface area (Å²) in [6.07, 6.45) is 51.3.